The highest BCUT2D eigenvalue weighted by molar-refractivity contribution is 7.80. The van der Waals surface area contributed by atoms with Crippen molar-refractivity contribution in [3.63, 3.8) is 0 Å². The molecule has 4 aromatic rings. The average molecular weight is 477 g/mol. The summed E-state index contributed by atoms with van der Waals surface area (Å²) >= 11 is 12.3. The third-order valence-electron chi connectivity index (χ3n) is 5.72. The second kappa shape index (κ2) is 8.77. The van der Waals surface area contributed by atoms with Gasteiger partial charge in [-0.2, -0.15) is 0 Å². The number of aromatic nitrogens is 2. The van der Waals surface area contributed by atoms with E-state index in [0.29, 0.717) is 15.9 Å². The Kier molecular flexibility index (Phi) is 5.66. The molecule has 2 aromatic carbocycles. The second-order valence-corrected chi connectivity index (χ2v) is 8.43. The predicted molar refractivity (Wildman–Crippen MR) is 133 cm³/mol. The second-order valence-electron chi connectivity index (χ2n) is 7.63. The zero-order valence-electron chi connectivity index (χ0n) is 17.7. The molecule has 0 amide bonds. The molecule has 33 heavy (non-hydrogen) atoms. The summed E-state index contributed by atoms with van der Waals surface area (Å²) in [5.74, 6) is 0.820. The van der Waals surface area contributed by atoms with Crippen LogP contribution in [0.15, 0.2) is 85.2 Å². The van der Waals surface area contributed by atoms with E-state index in [2.05, 4.69) is 25.8 Å². The molecule has 2 aromatic heterocycles. The van der Waals surface area contributed by atoms with E-state index >= 15 is 0 Å². The number of benzene rings is 2. The van der Waals surface area contributed by atoms with Crippen LogP contribution in [0.4, 0.5) is 5.69 Å². The van der Waals surface area contributed by atoms with Gasteiger partial charge in [0.05, 0.1) is 23.9 Å². The van der Waals surface area contributed by atoms with Crippen LogP contribution in [0.2, 0.25) is 5.02 Å². The number of anilines is 1. The molecule has 1 aliphatic heterocycles. The van der Waals surface area contributed by atoms with Gasteiger partial charge >= 0.3 is 0 Å². The summed E-state index contributed by atoms with van der Waals surface area (Å²) in [6.45, 7) is 0. The van der Waals surface area contributed by atoms with E-state index in [-0.39, 0.29) is 17.8 Å². The van der Waals surface area contributed by atoms with Crippen LogP contribution in [0, 0.1) is 0 Å². The van der Waals surface area contributed by atoms with Crippen LogP contribution in [0.5, 0.6) is 11.5 Å². The van der Waals surface area contributed by atoms with Crippen LogP contribution in [0.3, 0.4) is 0 Å². The van der Waals surface area contributed by atoms with Crippen molar-refractivity contribution in [1.82, 2.24) is 14.9 Å². The number of ether oxygens (including phenoxy) is 1. The number of phenols is 1. The van der Waals surface area contributed by atoms with Gasteiger partial charge in [-0.05, 0) is 78.9 Å². The first kappa shape index (κ1) is 21.3. The number of nitrogens with one attached hydrogen (secondary N) is 1. The van der Waals surface area contributed by atoms with E-state index < -0.39 is 0 Å². The van der Waals surface area contributed by atoms with Crippen molar-refractivity contribution in [2.75, 3.05) is 12.0 Å². The van der Waals surface area contributed by atoms with E-state index in [0.717, 1.165) is 22.8 Å². The molecule has 6 nitrogen and oxygen atoms in total. The zero-order chi connectivity index (χ0) is 22.9. The molecule has 0 saturated carbocycles. The minimum absolute atomic E-state index is 0.189. The maximum Gasteiger partial charge on any atom is 0.174 e. The third-order valence-corrected chi connectivity index (χ3v) is 6.33. The Morgan fingerprint density at radius 1 is 1.03 bits per heavy atom. The number of thiocarbonyl (C=S) groups is 1. The van der Waals surface area contributed by atoms with Gasteiger partial charge in [0.1, 0.15) is 17.5 Å². The highest BCUT2D eigenvalue weighted by Gasteiger charge is 2.42. The number of hydrogen-bond donors (Lipinski definition) is 2. The lowest BCUT2D eigenvalue weighted by Gasteiger charge is -2.29. The molecule has 0 spiro atoms. The van der Waals surface area contributed by atoms with Crippen molar-refractivity contribution >= 4 is 34.6 Å². The number of rotatable bonds is 5. The van der Waals surface area contributed by atoms with Crippen molar-refractivity contribution in [3.8, 4) is 17.2 Å². The van der Waals surface area contributed by atoms with Gasteiger partial charge in [0, 0.05) is 29.5 Å². The van der Waals surface area contributed by atoms with Crippen LogP contribution in [0.25, 0.3) is 5.69 Å². The number of aromatic hydroxyl groups is 1. The first-order valence-corrected chi connectivity index (χ1v) is 11.2. The lowest BCUT2D eigenvalue weighted by Crippen LogP contribution is -2.30. The number of methoxy groups -OCH3 is 1. The molecule has 5 rings (SSSR count). The summed E-state index contributed by atoms with van der Waals surface area (Å²) < 4.78 is 7.42. The normalized spacial score (nSPS) is 17.8. The van der Waals surface area contributed by atoms with Crippen molar-refractivity contribution in [1.29, 1.82) is 0 Å². The van der Waals surface area contributed by atoms with E-state index in [4.69, 9.17) is 28.6 Å². The van der Waals surface area contributed by atoms with Crippen LogP contribution in [-0.4, -0.2) is 26.9 Å². The van der Waals surface area contributed by atoms with Gasteiger partial charge in [-0.15, -0.1) is 0 Å². The van der Waals surface area contributed by atoms with Gasteiger partial charge in [-0.25, -0.2) is 0 Å². The highest BCUT2D eigenvalue weighted by Crippen LogP contribution is 2.43. The van der Waals surface area contributed by atoms with E-state index in [9.17, 15) is 5.11 Å². The monoisotopic (exact) mass is 476 g/mol. The van der Waals surface area contributed by atoms with E-state index in [1.807, 2.05) is 60.8 Å². The number of nitrogens with zero attached hydrogens (tertiary/aromatic N) is 3. The minimum atomic E-state index is -0.208. The third kappa shape index (κ3) is 3.90. The number of hydrogen-bond acceptors (Lipinski definition) is 4. The van der Waals surface area contributed by atoms with E-state index in [1.54, 1.807) is 25.4 Å². The fraction of sp³-hybridized carbons (Fsp3) is 0.120. The molecule has 2 atom stereocenters. The van der Waals surface area contributed by atoms with Crippen molar-refractivity contribution in [2.45, 2.75) is 12.1 Å². The Labute approximate surface area is 202 Å². The number of phenolic OH excluding ortho intramolecular Hbond substituents is 1. The molecular weight excluding hydrogens is 456 g/mol. The van der Waals surface area contributed by atoms with Gasteiger partial charge in [-0.1, -0.05) is 17.7 Å². The zero-order valence-corrected chi connectivity index (χ0v) is 19.3. The number of pyridine rings is 1. The minimum Gasteiger partial charge on any atom is -0.508 e. The maximum atomic E-state index is 9.74. The van der Waals surface area contributed by atoms with Crippen LogP contribution >= 0.6 is 23.8 Å². The Hall–Kier alpha value is -3.55. The summed E-state index contributed by atoms with van der Waals surface area (Å²) in [6, 6.07) is 22.3. The van der Waals surface area contributed by atoms with Crippen LogP contribution < -0.4 is 15.0 Å². The van der Waals surface area contributed by atoms with Crippen molar-refractivity contribution in [2.24, 2.45) is 0 Å². The fourth-order valence-electron chi connectivity index (χ4n) is 4.22. The van der Waals surface area contributed by atoms with E-state index in [1.165, 1.54) is 0 Å². The largest absolute Gasteiger partial charge is 0.508 e. The predicted octanol–water partition coefficient (Wildman–Crippen LogP) is 5.42. The summed E-state index contributed by atoms with van der Waals surface area (Å²) in [5, 5.41) is 14.3. The van der Waals surface area contributed by atoms with Gasteiger partial charge in [0.25, 0.3) is 0 Å². The molecule has 1 saturated heterocycles. The lowest BCUT2D eigenvalue weighted by atomic mass is 10.0. The first-order valence-electron chi connectivity index (χ1n) is 10.4. The molecule has 0 unspecified atom stereocenters. The van der Waals surface area contributed by atoms with Gasteiger partial charge in [0.2, 0.25) is 0 Å². The Morgan fingerprint density at radius 3 is 2.52 bits per heavy atom. The Morgan fingerprint density at radius 2 is 1.82 bits per heavy atom. The summed E-state index contributed by atoms with van der Waals surface area (Å²) in [6.07, 6.45) is 3.78. The van der Waals surface area contributed by atoms with Gasteiger partial charge < -0.3 is 24.6 Å². The quantitative estimate of drug-likeness (QED) is 0.375. The topological polar surface area (TPSA) is 62.5 Å². The first-order chi connectivity index (χ1) is 16.1. The molecule has 0 bridgehead atoms. The summed E-state index contributed by atoms with van der Waals surface area (Å²) in [5.41, 5.74) is 3.67. The van der Waals surface area contributed by atoms with Crippen molar-refractivity contribution < 1.29 is 9.84 Å². The Balaban J connectivity index is 1.66. The number of halogens is 1. The average Bonchev–Trinajstić information content (AvgIpc) is 3.44. The summed E-state index contributed by atoms with van der Waals surface area (Å²) in [7, 11) is 1.59. The fourth-order valence-corrected chi connectivity index (χ4v) is 4.82. The maximum absolute atomic E-state index is 9.74. The lowest BCUT2D eigenvalue weighted by molar-refractivity contribution is 0.415. The molecular formula is C25H21ClN4O2S. The molecule has 2 N–H and O–H groups in total. The SMILES string of the molecule is COc1ccc(N2C(=S)N[C@@H](c3ccccn3)[C@@H]2c2cccn2-c2ccc(O)cc2)cc1Cl. The van der Waals surface area contributed by atoms with Gasteiger partial charge in [0.15, 0.2) is 5.11 Å². The molecule has 3 heterocycles. The highest BCUT2D eigenvalue weighted by atomic mass is 35.5. The van der Waals surface area contributed by atoms with Crippen LogP contribution in [0.1, 0.15) is 23.5 Å². The molecule has 166 valence electrons. The van der Waals surface area contributed by atoms with Gasteiger partial charge in [-0.3, -0.25) is 4.98 Å². The Bertz CT molecular complexity index is 1290. The molecule has 1 fully saturated rings. The standard InChI is InChI=1S/C25H21ClN4O2S/c1-32-22-12-9-17(15-19(22)26)30-24(23(28-25(30)33)20-5-2-3-13-27-20)21-6-4-14-29(21)16-7-10-18(31)11-8-16/h2-15,23-24,31H,1H3,(H,28,33)/t23-,24-/m0/s1. The molecule has 0 radical (unpaired) electrons. The molecule has 0 aliphatic carbocycles. The smallest absolute Gasteiger partial charge is 0.174 e. The molecule has 8 heteroatoms. The van der Waals surface area contributed by atoms with Crippen molar-refractivity contribution in [3.05, 3.63) is 102 Å². The summed E-state index contributed by atoms with van der Waals surface area (Å²) in [4.78, 5) is 6.67. The molecule has 1 aliphatic rings. The van der Waals surface area contributed by atoms with Crippen LogP contribution in [-0.2, 0) is 0 Å².